The van der Waals surface area contributed by atoms with Gasteiger partial charge in [0.25, 0.3) is 0 Å². The molecule has 0 aromatic heterocycles. The smallest absolute Gasteiger partial charge is 0.411 e. The average Bonchev–Trinajstić information content (AvgIpc) is 2.91. The van der Waals surface area contributed by atoms with Crippen LogP contribution < -0.4 is 9.47 Å². The Kier molecular flexibility index (Phi) is 8.73. The molecule has 0 atom stereocenters. The maximum absolute atomic E-state index is 14.5. The summed E-state index contributed by atoms with van der Waals surface area (Å²) in [6.07, 6.45) is -7.65. The zero-order valence-electron chi connectivity index (χ0n) is 21.6. The third-order valence-corrected chi connectivity index (χ3v) is 7.16. The summed E-state index contributed by atoms with van der Waals surface area (Å²) in [5, 5.41) is 0. The topological polar surface area (TPSA) is 18.5 Å². The molecular weight excluding hydrogens is 550 g/mol. The van der Waals surface area contributed by atoms with Crippen LogP contribution >= 0.6 is 11.8 Å². The fraction of sp³-hybridized carbons (Fsp3) is 0.226. The Labute approximate surface area is 233 Å². The molecule has 0 spiro atoms. The number of aryl methyl sites for hydroxylation is 1. The Morgan fingerprint density at radius 1 is 0.550 bits per heavy atom. The van der Waals surface area contributed by atoms with Crippen LogP contribution in [0.3, 0.4) is 0 Å². The van der Waals surface area contributed by atoms with Crippen LogP contribution in [0.2, 0.25) is 0 Å². The van der Waals surface area contributed by atoms with Gasteiger partial charge < -0.3 is 9.47 Å². The fourth-order valence-corrected chi connectivity index (χ4v) is 4.87. The maximum atomic E-state index is 14.5. The van der Waals surface area contributed by atoms with Crippen molar-refractivity contribution in [2.75, 3.05) is 6.26 Å². The van der Waals surface area contributed by atoms with Crippen LogP contribution in [0, 0.1) is 0 Å². The fourth-order valence-electron chi connectivity index (χ4n) is 4.46. The van der Waals surface area contributed by atoms with Gasteiger partial charge in [-0.2, -0.15) is 26.3 Å². The van der Waals surface area contributed by atoms with Gasteiger partial charge in [-0.3, -0.25) is 0 Å². The van der Waals surface area contributed by atoms with Gasteiger partial charge >= 0.3 is 12.4 Å². The molecular formula is C31H26F6O2S. The lowest BCUT2D eigenvalue weighted by Crippen LogP contribution is -2.54. The largest absolute Gasteiger partial charge is 0.457 e. The van der Waals surface area contributed by atoms with Crippen molar-refractivity contribution in [3.8, 4) is 23.0 Å². The average molecular weight is 577 g/mol. The first-order valence-corrected chi connectivity index (χ1v) is 13.6. The molecule has 4 aromatic rings. The van der Waals surface area contributed by atoms with Crippen molar-refractivity contribution in [2.45, 2.75) is 42.4 Å². The van der Waals surface area contributed by atoms with E-state index >= 15 is 0 Å². The second kappa shape index (κ2) is 11.9. The monoisotopic (exact) mass is 576 g/mol. The van der Waals surface area contributed by atoms with Gasteiger partial charge in [-0.1, -0.05) is 49.7 Å². The molecule has 0 N–H and O–H groups in total. The highest BCUT2D eigenvalue weighted by Crippen LogP contribution is 2.56. The molecule has 0 bridgehead atoms. The van der Waals surface area contributed by atoms with Crippen molar-refractivity contribution in [3.05, 3.63) is 114 Å². The van der Waals surface area contributed by atoms with E-state index in [1.807, 2.05) is 25.3 Å². The number of alkyl halides is 6. The molecule has 0 aliphatic rings. The molecule has 4 aromatic carbocycles. The number of halogens is 6. The Morgan fingerprint density at radius 3 is 1.23 bits per heavy atom. The summed E-state index contributed by atoms with van der Waals surface area (Å²) >= 11 is 1.52. The van der Waals surface area contributed by atoms with Gasteiger partial charge in [0.2, 0.25) is 5.41 Å². The number of thioether (sulfide) groups is 1. The first-order chi connectivity index (χ1) is 19.0. The summed E-state index contributed by atoms with van der Waals surface area (Å²) in [4.78, 5) is 0.976. The highest BCUT2D eigenvalue weighted by atomic mass is 32.2. The summed E-state index contributed by atoms with van der Waals surface area (Å²) < 4.78 is 98.4. The zero-order chi connectivity index (χ0) is 29.0. The van der Waals surface area contributed by atoms with Crippen molar-refractivity contribution in [1.29, 1.82) is 0 Å². The third kappa shape index (κ3) is 6.09. The molecule has 9 heteroatoms. The van der Waals surface area contributed by atoms with Crippen LogP contribution in [0.15, 0.2) is 102 Å². The van der Waals surface area contributed by atoms with Gasteiger partial charge in [-0.25, -0.2) is 0 Å². The molecule has 0 heterocycles. The quantitative estimate of drug-likeness (QED) is 0.146. The number of hydrogen-bond donors (Lipinski definition) is 0. The lowest BCUT2D eigenvalue weighted by molar-refractivity contribution is -0.288. The Hall–Kier alpha value is -3.59. The summed E-state index contributed by atoms with van der Waals surface area (Å²) in [5.74, 6) is 1.04. The molecule has 2 nitrogen and oxygen atoms in total. The molecule has 0 fully saturated rings. The van der Waals surface area contributed by atoms with E-state index in [2.05, 4.69) is 0 Å². The molecule has 0 saturated carbocycles. The van der Waals surface area contributed by atoms with Gasteiger partial charge in [0.1, 0.15) is 23.0 Å². The molecule has 210 valence electrons. The molecule has 0 aliphatic heterocycles. The standard InChI is InChI=1S/C31H26F6O2S/c1-3-4-21-5-11-24(12-6-21)38-25-13-7-22(8-14-25)29(30(32,33)34,31(35,36)37)23-9-15-26(16-10-23)39-27-17-19-28(40-2)20-18-27/h5-20H,3-4H2,1-2H3. The number of hydrogen-bond acceptors (Lipinski definition) is 3. The van der Waals surface area contributed by atoms with E-state index < -0.39 is 28.9 Å². The Balaban J connectivity index is 1.66. The van der Waals surface area contributed by atoms with Crippen LogP contribution in [0.4, 0.5) is 26.3 Å². The van der Waals surface area contributed by atoms with Crippen molar-refractivity contribution < 1.29 is 35.8 Å². The van der Waals surface area contributed by atoms with E-state index in [4.69, 9.17) is 9.47 Å². The number of benzene rings is 4. The second-order valence-electron chi connectivity index (χ2n) is 9.07. The van der Waals surface area contributed by atoms with E-state index in [1.165, 1.54) is 11.8 Å². The van der Waals surface area contributed by atoms with Gasteiger partial charge in [0, 0.05) is 4.90 Å². The SMILES string of the molecule is CCCc1ccc(Oc2ccc(C(c3ccc(Oc4ccc(SC)cc4)cc3)(C(F)(F)F)C(F)(F)F)cc2)cc1. The lowest BCUT2D eigenvalue weighted by atomic mass is 9.73. The first kappa shape index (κ1) is 29.4. The molecule has 4 rings (SSSR count). The predicted molar refractivity (Wildman–Crippen MR) is 145 cm³/mol. The van der Waals surface area contributed by atoms with Crippen LogP contribution in [0.25, 0.3) is 0 Å². The van der Waals surface area contributed by atoms with Crippen LogP contribution in [0.1, 0.15) is 30.0 Å². The summed E-state index contributed by atoms with van der Waals surface area (Å²) in [5.41, 5.74) is -5.12. The minimum atomic E-state index is -5.70. The highest BCUT2D eigenvalue weighted by Gasteiger charge is 2.72. The highest BCUT2D eigenvalue weighted by molar-refractivity contribution is 7.98. The van der Waals surface area contributed by atoms with E-state index in [1.54, 1.807) is 36.4 Å². The molecule has 0 radical (unpaired) electrons. The van der Waals surface area contributed by atoms with Crippen molar-refractivity contribution >= 4 is 11.8 Å². The summed E-state index contributed by atoms with van der Waals surface area (Å²) in [6.45, 7) is 2.04. The zero-order valence-corrected chi connectivity index (χ0v) is 22.5. The first-order valence-electron chi connectivity index (χ1n) is 12.4. The number of ether oxygens (including phenoxy) is 2. The van der Waals surface area contributed by atoms with Gasteiger partial charge in [-0.15, -0.1) is 11.8 Å². The normalized spacial score (nSPS) is 12.3. The van der Waals surface area contributed by atoms with Crippen LogP contribution in [-0.4, -0.2) is 18.6 Å². The van der Waals surface area contributed by atoms with E-state index in [0.717, 1.165) is 71.8 Å². The van der Waals surface area contributed by atoms with Gasteiger partial charge in [-0.05, 0) is 90.0 Å². The van der Waals surface area contributed by atoms with Crippen molar-refractivity contribution in [2.24, 2.45) is 0 Å². The summed E-state index contributed by atoms with van der Waals surface area (Å²) in [6, 6.07) is 21.7. The van der Waals surface area contributed by atoms with E-state index in [-0.39, 0.29) is 11.5 Å². The molecule has 40 heavy (non-hydrogen) atoms. The van der Waals surface area contributed by atoms with Crippen molar-refractivity contribution in [3.63, 3.8) is 0 Å². The predicted octanol–water partition coefficient (Wildman–Crippen LogP) is 10.4. The second-order valence-corrected chi connectivity index (χ2v) is 9.95. The lowest BCUT2D eigenvalue weighted by Gasteiger charge is -2.38. The van der Waals surface area contributed by atoms with E-state index in [9.17, 15) is 26.3 Å². The minimum absolute atomic E-state index is 0.104. The Bertz CT molecular complexity index is 1370. The molecule has 0 aliphatic carbocycles. The van der Waals surface area contributed by atoms with Gasteiger partial charge in [0.05, 0.1) is 0 Å². The minimum Gasteiger partial charge on any atom is -0.457 e. The Morgan fingerprint density at radius 2 is 0.900 bits per heavy atom. The molecule has 0 unspecified atom stereocenters. The molecule has 0 saturated heterocycles. The van der Waals surface area contributed by atoms with Crippen molar-refractivity contribution in [1.82, 2.24) is 0 Å². The van der Waals surface area contributed by atoms with E-state index in [0.29, 0.717) is 11.5 Å². The van der Waals surface area contributed by atoms with Crippen LogP contribution in [0.5, 0.6) is 23.0 Å². The maximum Gasteiger partial charge on any atom is 0.411 e. The van der Waals surface area contributed by atoms with Crippen LogP contribution in [-0.2, 0) is 11.8 Å². The summed E-state index contributed by atoms with van der Waals surface area (Å²) in [7, 11) is 0. The number of rotatable bonds is 9. The van der Waals surface area contributed by atoms with Gasteiger partial charge in [0.15, 0.2) is 0 Å². The molecule has 0 amide bonds. The third-order valence-electron chi connectivity index (χ3n) is 6.42.